The predicted molar refractivity (Wildman–Crippen MR) is 108 cm³/mol. The highest BCUT2D eigenvalue weighted by Gasteiger charge is 2.23. The molecule has 25 heavy (non-hydrogen) atoms. The van der Waals surface area contributed by atoms with Crippen LogP contribution in [0, 0.1) is 12.7 Å². The summed E-state index contributed by atoms with van der Waals surface area (Å²) in [5.41, 5.74) is 2.72. The predicted octanol–water partition coefficient (Wildman–Crippen LogP) is 5.64. The highest BCUT2D eigenvalue weighted by molar-refractivity contribution is 8.33. The molecule has 0 atom stereocenters. The lowest BCUT2D eigenvalue weighted by Gasteiger charge is -2.05. The maximum Gasteiger partial charge on any atom is 0.259 e. The van der Waals surface area contributed by atoms with E-state index >= 15 is 0 Å². The Kier molecular flexibility index (Phi) is 5.73. The second-order valence-electron chi connectivity index (χ2n) is 5.27. The van der Waals surface area contributed by atoms with Crippen LogP contribution in [-0.2, 0) is 4.74 Å². The molecule has 0 amide bonds. The van der Waals surface area contributed by atoms with Crippen molar-refractivity contribution in [2.45, 2.75) is 6.92 Å². The van der Waals surface area contributed by atoms with Crippen molar-refractivity contribution in [3.05, 3.63) is 70.2 Å². The summed E-state index contributed by atoms with van der Waals surface area (Å²) in [7, 11) is 0. The Morgan fingerprint density at radius 3 is 2.76 bits per heavy atom. The first kappa shape index (κ1) is 17.9. The van der Waals surface area contributed by atoms with Gasteiger partial charge in [0.05, 0.1) is 0 Å². The molecule has 0 spiro atoms. The van der Waals surface area contributed by atoms with E-state index < -0.39 is 0 Å². The molecule has 0 aromatic heterocycles. The number of hydrogen-bond donors (Lipinski definition) is 1. The summed E-state index contributed by atoms with van der Waals surface area (Å²) in [4.78, 5) is 4.34. The lowest BCUT2D eigenvalue weighted by atomic mass is 10.2. The highest BCUT2D eigenvalue weighted by Crippen LogP contribution is 2.28. The van der Waals surface area contributed by atoms with Crippen molar-refractivity contribution in [3.8, 4) is 0 Å². The molecule has 0 saturated carbocycles. The zero-order valence-corrected chi connectivity index (χ0v) is 15.6. The number of nitrogens with zero attached hydrogens (tertiary/aromatic N) is 1. The molecule has 2 aromatic rings. The Morgan fingerprint density at radius 2 is 2.04 bits per heavy atom. The van der Waals surface area contributed by atoms with Crippen LogP contribution in [0.25, 0.3) is 6.08 Å². The Bertz CT molecular complexity index is 866. The van der Waals surface area contributed by atoms with E-state index in [0.717, 1.165) is 16.8 Å². The van der Waals surface area contributed by atoms with E-state index in [1.54, 1.807) is 18.2 Å². The van der Waals surface area contributed by atoms with E-state index in [1.165, 1.54) is 23.9 Å². The van der Waals surface area contributed by atoms with E-state index in [9.17, 15) is 4.39 Å². The van der Waals surface area contributed by atoms with Crippen molar-refractivity contribution in [2.24, 2.45) is 4.99 Å². The maximum absolute atomic E-state index is 12.9. The first-order valence-corrected chi connectivity index (χ1v) is 9.03. The zero-order chi connectivity index (χ0) is 17.8. The van der Waals surface area contributed by atoms with Crippen molar-refractivity contribution < 1.29 is 9.13 Å². The molecule has 2 aromatic carbocycles. The number of benzene rings is 2. The van der Waals surface area contributed by atoms with E-state index in [4.69, 9.17) is 28.6 Å². The van der Waals surface area contributed by atoms with Gasteiger partial charge in [0.2, 0.25) is 0 Å². The van der Waals surface area contributed by atoms with Crippen LogP contribution >= 0.6 is 35.6 Å². The summed E-state index contributed by atoms with van der Waals surface area (Å²) >= 11 is 12.7. The number of thioether (sulfide) groups is 1. The van der Waals surface area contributed by atoms with Crippen LogP contribution < -0.4 is 5.32 Å². The van der Waals surface area contributed by atoms with Crippen molar-refractivity contribution in [3.63, 3.8) is 0 Å². The van der Waals surface area contributed by atoms with Crippen molar-refractivity contribution in [2.75, 3.05) is 12.0 Å². The monoisotopic (exact) mass is 392 g/mol. The van der Waals surface area contributed by atoms with Crippen LogP contribution in [0.15, 0.2) is 53.2 Å². The Hall–Kier alpha value is -1.89. The van der Waals surface area contributed by atoms with Gasteiger partial charge >= 0.3 is 0 Å². The average Bonchev–Trinajstić information content (AvgIpc) is 2.93. The van der Waals surface area contributed by atoms with Gasteiger partial charge in [0.15, 0.2) is 5.76 Å². The van der Waals surface area contributed by atoms with Crippen LogP contribution in [0.3, 0.4) is 0 Å². The minimum atomic E-state index is -0.282. The van der Waals surface area contributed by atoms with Crippen LogP contribution in [0.2, 0.25) is 5.02 Å². The number of aryl methyl sites for hydroxylation is 1. The van der Waals surface area contributed by atoms with Gasteiger partial charge in [0.25, 0.3) is 5.23 Å². The van der Waals surface area contributed by atoms with E-state index in [2.05, 4.69) is 10.3 Å². The maximum atomic E-state index is 12.9. The van der Waals surface area contributed by atoms with Gasteiger partial charge < -0.3 is 10.1 Å². The van der Waals surface area contributed by atoms with Crippen LogP contribution in [-0.4, -0.2) is 16.1 Å². The van der Waals surface area contributed by atoms with Crippen molar-refractivity contribution >= 4 is 56.8 Å². The van der Waals surface area contributed by atoms with Gasteiger partial charge in [0, 0.05) is 10.7 Å². The van der Waals surface area contributed by atoms with E-state index in [1.807, 2.05) is 25.1 Å². The molecule has 7 heteroatoms. The number of ether oxygens (including phenoxy) is 1. The number of thiocarbonyl (C=S) groups is 1. The normalized spacial score (nSPS) is 17.2. The molecule has 1 fully saturated rings. The molecule has 0 radical (unpaired) electrons. The minimum absolute atomic E-state index is 0.282. The molecule has 0 aliphatic carbocycles. The van der Waals surface area contributed by atoms with Crippen molar-refractivity contribution in [1.29, 1.82) is 0 Å². The smallest absolute Gasteiger partial charge is 0.259 e. The van der Waals surface area contributed by atoms with E-state index in [-0.39, 0.29) is 5.82 Å². The molecular formula is C18H14ClFN2OS2. The van der Waals surface area contributed by atoms with Crippen LogP contribution in [0.5, 0.6) is 0 Å². The van der Waals surface area contributed by atoms with Crippen LogP contribution in [0.4, 0.5) is 10.1 Å². The molecule has 1 saturated heterocycles. The molecule has 3 rings (SSSR count). The first-order valence-electron chi connectivity index (χ1n) is 7.43. The fraction of sp³-hybridized carbons (Fsp3) is 0.111. The zero-order valence-electron chi connectivity index (χ0n) is 13.3. The molecule has 128 valence electrons. The molecule has 1 heterocycles. The Labute approximate surface area is 159 Å². The summed E-state index contributed by atoms with van der Waals surface area (Å²) in [6.45, 7) is 2.29. The fourth-order valence-electron chi connectivity index (χ4n) is 2.05. The SMILES string of the molecule is Cc1ccc(NCN=C2OC(=Cc3ccc(F)cc3)C(=S)S2)cc1Cl. The standard InChI is InChI=1S/C18H14ClFN2OS2/c1-11-2-7-14(9-15(11)19)21-10-22-18-23-16(17(24)25-18)8-12-3-5-13(20)6-4-12/h2-9,21H,10H2,1H3. The first-order chi connectivity index (χ1) is 12.0. The van der Waals surface area contributed by atoms with Gasteiger partial charge in [-0.1, -0.05) is 42.0 Å². The fourth-order valence-corrected chi connectivity index (χ4v) is 3.16. The van der Waals surface area contributed by atoms with Gasteiger partial charge in [-0.2, -0.15) is 0 Å². The van der Waals surface area contributed by atoms with Crippen molar-refractivity contribution in [1.82, 2.24) is 0 Å². The summed E-state index contributed by atoms with van der Waals surface area (Å²) in [6.07, 6.45) is 1.77. The summed E-state index contributed by atoms with van der Waals surface area (Å²) in [6, 6.07) is 11.8. The van der Waals surface area contributed by atoms with Gasteiger partial charge in [-0.3, -0.25) is 0 Å². The third-order valence-corrected chi connectivity index (χ3v) is 5.04. The number of nitrogens with one attached hydrogen (secondary N) is 1. The van der Waals surface area contributed by atoms with Gasteiger partial charge in [0.1, 0.15) is 16.7 Å². The summed E-state index contributed by atoms with van der Waals surface area (Å²) in [5.74, 6) is 0.264. The quantitative estimate of drug-likeness (QED) is 0.538. The number of rotatable bonds is 4. The van der Waals surface area contributed by atoms with Gasteiger partial charge in [-0.15, -0.1) is 0 Å². The summed E-state index contributed by atoms with van der Waals surface area (Å²) < 4.78 is 19.2. The second kappa shape index (κ2) is 7.99. The number of hydrogen-bond acceptors (Lipinski definition) is 5. The van der Waals surface area contributed by atoms with Gasteiger partial charge in [-0.05, 0) is 60.2 Å². The Morgan fingerprint density at radius 1 is 1.28 bits per heavy atom. The molecule has 1 aliphatic heterocycles. The third-order valence-electron chi connectivity index (χ3n) is 3.41. The largest absolute Gasteiger partial charge is 0.431 e. The molecule has 0 unspecified atom stereocenters. The number of halogens is 2. The molecule has 1 aliphatic rings. The lowest BCUT2D eigenvalue weighted by Crippen LogP contribution is -2.02. The molecular weight excluding hydrogens is 379 g/mol. The number of anilines is 1. The number of aliphatic imine (C=N–C) groups is 1. The molecule has 3 nitrogen and oxygen atoms in total. The Balaban J connectivity index is 1.62. The van der Waals surface area contributed by atoms with E-state index in [0.29, 0.717) is 26.9 Å². The van der Waals surface area contributed by atoms with Crippen LogP contribution in [0.1, 0.15) is 11.1 Å². The third kappa shape index (κ3) is 4.81. The lowest BCUT2D eigenvalue weighted by molar-refractivity contribution is 0.469. The summed E-state index contributed by atoms with van der Waals surface area (Å²) in [5, 5.41) is 4.34. The molecule has 1 N–H and O–H groups in total. The second-order valence-corrected chi connectivity index (χ2v) is 7.31. The average molecular weight is 393 g/mol. The highest BCUT2D eigenvalue weighted by atomic mass is 35.5. The molecule has 0 bridgehead atoms. The van der Waals surface area contributed by atoms with Gasteiger partial charge in [-0.25, -0.2) is 9.38 Å². The minimum Gasteiger partial charge on any atom is -0.431 e. The topological polar surface area (TPSA) is 33.6 Å².